The van der Waals surface area contributed by atoms with Crippen molar-refractivity contribution in [3.05, 3.63) is 66.4 Å². The molecule has 0 aliphatic heterocycles. The third kappa shape index (κ3) is 3.70. The van der Waals surface area contributed by atoms with Gasteiger partial charge in [-0.05, 0) is 36.2 Å². The molecule has 3 N–H and O–H groups in total. The van der Waals surface area contributed by atoms with E-state index >= 15 is 0 Å². The highest BCUT2D eigenvalue weighted by Crippen LogP contribution is 2.16. The van der Waals surface area contributed by atoms with Gasteiger partial charge < -0.3 is 15.5 Å². The van der Waals surface area contributed by atoms with Crippen LogP contribution in [0.1, 0.15) is 5.56 Å². The SMILES string of the molecule is OCC(Cc1ccc(O)cc1)Nc1ncc2nnn(-c3ccccc3)c2n1. The number of benzene rings is 2. The fourth-order valence-corrected chi connectivity index (χ4v) is 2.80. The first-order chi connectivity index (χ1) is 13.2. The number of nitrogens with one attached hydrogen (secondary N) is 1. The van der Waals surface area contributed by atoms with Crippen LogP contribution >= 0.6 is 0 Å². The fourth-order valence-electron chi connectivity index (χ4n) is 2.80. The molecule has 0 aliphatic carbocycles. The first-order valence-corrected chi connectivity index (χ1v) is 8.52. The highest BCUT2D eigenvalue weighted by atomic mass is 16.3. The monoisotopic (exact) mass is 362 g/mol. The zero-order chi connectivity index (χ0) is 18.6. The van der Waals surface area contributed by atoms with E-state index in [9.17, 15) is 10.2 Å². The topological polar surface area (TPSA) is 109 Å². The second kappa shape index (κ2) is 7.38. The molecule has 8 nitrogen and oxygen atoms in total. The van der Waals surface area contributed by atoms with Crippen molar-refractivity contribution in [3.63, 3.8) is 0 Å². The van der Waals surface area contributed by atoms with Gasteiger partial charge in [0.25, 0.3) is 0 Å². The zero-order valence-corrected chi connectivity index (χ0v) is 14.4. The largest absolute Gasteiger partial charge is 0.508 e. The second-order valence-electron chi connectivity index (χ2n) is 6.13. The molecule has 1 atom stereocenters. The minimum atomic E-state index is -0.270. The molecule has 0 radical (unpaired) electrons. The van der Waals surface area contributed by atoms with Gasteiger partial charge in [-0.15, -0.1) is 5.10 Å². The number of aromatic nitrogens is 5. The lowest BCUT2D eigenvalue weighted by atomic mass is 10.1. The van der Waals surface area contributed by atoms with Gasteiger partial charge in [-0.3, -0.25) is 0 Å². The molecule has 0 saturated heterocycles. The molecule has 0 amide bonds. The Kier molecular flexibility index (Phi) is 4.63. The quantitative estimate of drug-likeness (QED) is 0.481. The summed E-state index contributed by atoms with van der Waals surface area (Å²) in [6, 6.07) is 16.2. The summed E-state index contributed by atoms with van der Waals surface area (Å²) >= 11 is 0. The van der Waals surface area contributed by atoms with E-state index in [0.29, 0.717) is 23.5 Å². The number of phenols is 1. The van der Waals surface area contributed by atoms with Crippen LogP contribution in [0.15, 0.2) is 60.8 Å². The minimum Gasteiger partial charge on any atom is -0.508 e. The Labute approximate surface area is 155 Å². The normalized spacial score (nSPS) is 12.2. The van der Waals surface area contributed by atoms with Crippen LogP contribution in [0.3, 0.4) is 0 Å². The lowest BCUT2D eigenvalue weighted by molar-refractivity contribution is 0.273. The van der Waals surface area contributed by atoms with Gasteiger partial charge in [-0.2, -0.15) is 9.67 Å². The van der Waals surface area contributed by atoms with Crippen molar-refractivity contribution in [1.82, 2.24) is 25.0 Å². The fraction of sp³-hybridized carbons (Fsp3) is 0.158. The molecule has 0 aliphatic rings. The molecule has 0 saturated carbocycles. The minimum absolute atomic E-state index is 0.0849. The third-order valence-electron chi connectivity index (χ3n) is 4.17. The van der Waals surface area contributed by atoms with Crippen molar-refractivity contribution in [2.24, 2.45) is 0 Å². The number of aromatic hydroxyl groups is 1. The van der Waals surface area contributed by atoms with Crippen LogP contribution in [-0.4, -0.2) is 47.8 Å². The van der Waals surface area contributed by atoms with Crippen LogP contribution in [-0.2, 0) is 6.42 Å². The van der Waals surface area contributed by atoms with Gasteiger partial charge in [0.05, 0.1) is 24.5 Å². The summed E-state index contributed by atoms with van der Waals surface area (Å²) in [5.74, 6) is 0.600. The zero-order valence-electron chi connectivity index (χ0n) is 14.4. The molecule has 0 spiro atoms. The summed E-state index contributed by atoms with van der Waals surface area (Å²) in [5.41, 5.74) is 3.01. The van der Waals surface area contributed by atoms with Gasteiger partial charge in [0.1, 0.15) is 5.75 Å². The van der Waals surface area contributed by atoms with E-state index in [-0.39, 0.29) is 18.4 Å². The number of phenolic OH excluding ortho intramolecular Hbond substituents is 1. The third-order valence-corrected chi connectivity index (χ3v) is 4.17. The Morgan fingerprint density at radius 2 is 1.81 bits per heavy atom. The highest BCUT2D eigenvalue weighted by molar-refractivity contribution is 5.71. The van der Waals surface area contributed by atoms with E-state index in [4.69, 9.17) is 0 Å². The van der Waals surface area contributed by atoms with Gasteiger partial charge in [-0.25, -0.2) is 4.98 Å². The Bertz CT molecular complexity index is 1030. The van der Waals surface area contributed by atoms with Gasteiger partial charge in [0, 0.05) is 0 Å². The van der Waals surface area contributed by atoms with Gasteiger partial charge in [0.15, 0.2) is 11.2 Å². The first-order valence-electron chi connectivity index (χ1n) is 8.52. The molecule has 27 heavy (non-hydrogen) atoms. The predicted octanol–water partition coefficient (Wildman–Crippen LogP) is 1.93. The van der Waals surface area contributed by atoms with Crippen molar-refractivity contribution in [2.45, 2.75) is 12.5 Å². The molecule has 8 heteroatoms. The maximum absolute atomic E-state index is 9.71. The van der Waals surface area contributed by atoms with E-state index in [1.165, 1.54) is 0 Å². The smallest absolute Gasteiger partial charge is 0.225 e. The maximum Gasteiger partial charge on any atom is 0.225 e. The number of fused-ring (bicyclic) bond motifs is 1. The van der Waals surface area contributed by atoms with E-state index in [2.05, 4.69) is 25.6 Å². The number of anilines is 1. The number of hydrogen-bond acceptors (Lipinski definition) is 7. The average molecular weight is 362 g/mol. The highest BCUT2D eigenvalue weighted by Gasteiger charge is 2.13. The Hall–Kier alpha value is -3.52. The Balaban J connectivity index is 1.58. The molecule has 0 bridgehead atoms. The maximum atomic E-state index is 9.71. The van der Waals surface area contributed by atoms with Crippen LogP contribution in [0.25, 0.3) is 16.9 Å². The van der Waals surface area contributed by atoms with Crippen molar-refractivity contribution in [3.8, 4) is 11.4 Å². The lowest BCUT2D eigenvalue weighted by Gasteiger charge is -2.16. The van der Waals surface area contributed by atoms with Crippen LogP contribution < -0.4 is 5.32 Å². The molecule has 2 aromatic carbocycles. The molecule has 136 valence electrons. The standard InChI is InChI=1S/C19H18N6O2/c26-12-14(10-13-6-8-16(27)9-7-13)21-19-20-11-17-18(22-19)25(24-23-17)15-4-2-1-3-5-15/h1-9,11,14,26-27H,10,12H2,(H,20,21,22). The number of para-hydroxylation sites is 1. The Morgan fingerprint density at radius 1 is 1.04 bits per heavy atom. The molecule has 1 unspecified atom stereocenters. The van der Waals surface area contributed by atoms with Crippen molar-refractivity contribution in [1.29, 1.82) is 0 Å². The molecule has 4 aromatic rings. The number of aliphatic hydroxyl groups is 1. The van der Waals surface area contributed by atoms with Gasteiger partial charge >= 0.3 is 0 Å². The summed E-state index contributed by atoms with van der Waals surface area (Å²) in [4.78, 5) is 8.79. The van der Waals surface area contributed by atoms with Crippen LogP contribution in [0.2, 0.25) is 0 Å². The molecule has 0 fully saturated rings. The molecule has 4 rings (SSSR count). The van der Waals surface area contributed by atoms with Crippen molar-refractivity contribution in [2.75, 3.05) is 11.9 Å². The van der Waals surface area contributed by atoms with E-state index in [1.807, 2.05) is 42.5 Å². The summed E-state index contributed by atoms with van der Waals surface area (Å²) in [7, 11) is 0. The van der Waals surface area contributed by atoms with Crippen LogP contribution in [0.4, 0.5) is 5.95 Å². The molecular weight excluding hydrogens is 344 g/mol. The molecular formula is C19H18N6O2. The number of aliphatic hydroxyl groups excluding tert-OH is 1. The van der Waals surface area contributed by atoms with Crippen molar-refractivity contribution < 1.29 is 10.2 Å². The predicted molar refractivity (Wildman–Crippen MR) is 101 cm³/mol. The lowest BCUT2D eigenvalue weighted by Crippen LogP contribution is -2.27. The summed E-state index contributed by atoms with van der Waals surface area (Å²) in [6.07, 6.45) is 2.17. The summed E-state index contributed by atoms with van der Waals surface area (Å²) < 4.78 is 1.65. The van der Waals surface area contributed by atoms with Gasteiger partial charge in [-0.1, -0.05) is 35.5 Å². The number of hydrogen-bond donors (Lipinski definition) is 3. The van der Waals surface area contributed by atoms with Crippen molar-refractivity contribution >= 4 is 17.1 Å². The first kappa shape index (κ1) is 16.9. The van der Waals surface area contributed by atoms with E-state index in [0.717, 1.165) is 11.3 Å². The van der Waals surface area contributed by atoms with E-state index in [1.54, 1.807) is 23.0 Å². The summed E-state index contributed by atoms with van der Waals surface area (Å²) in [6.45, 7) is -0.0849. The average Bonchev–Trinajstić information content (AvgIpc) is 3.13. The Morgan fingerprint density at radius 3 is 2.56 bits per heavy atom. The second-order valence-corrected chi connectivity index (χ2v) is 6.13. The van der Waals surface area contributed by atoms with Crippen LogP contribution in [0, 0.1) is 0 Å². The van der Waals surface area contributed by atoms with E-state index < -0.39 is 0 Å². The summed E-state index contributed by atoms with van der Waals surface area (Å²) in [5, 5.41) is 30.5. The van der Waals surface area contributed by atoms with Gasteiger partial charge in [0.2, 0.25) is 5.95 Å². The number of rotatable bonds is 6. The van der Waals surface area contributed by atoms with Crippen LogP contribution in [0.5, 0.6) is 5.75 Å². The molecule has 2 aromatic heterocycles. The molecule has 2 heterocycles. The number of nitrogens with zero attached hydrogens (tertiary/aromatic N) is 5.